The minimum Gasteiger partial charge on any atom is -0.477 e. The lowest BCUT2D eigenvalue weighted by atomic mass is 9.97. The van der Waals surface area contributed by atoms with Crippen LogP contribution in [0.1, 0.15) is 31.1 Å². The second-order valence-corrected chi connectivity index (χ2v) is 9.79. The first-order chi connectivity index (χ1) is 16.5. The molecule has 9 heteroatoms. The summed E-state index contributed by atoms with van der Waals surface area (Å²) in [5.74, 6) is -2.02. The fourth-order valence-electron chi connectivity index (χ4n) is 3.92. The van der Waals surface area contributed by atoms with Crippen molar-refractivity contribution in [3.63, 3.8) is 0 Å². The van der Waals surface area contributed by atoms with Gasteiger partial charge in [-0.25, -0.2) is 9.18 Å². The second-order valence-electron chi connectivity index (χ2n) is 9.79. The molecule has 1 N–H and O–H groups in total. The van der Waals surface area contributed by atoms with Crippen LogP contribution in [0.15, 0.2) is 47.4 Å². The van der Waals surface area contributed by atoms with Crippen LogP contribution in [0.25, 0.3) is 16.6 Å². The summed E-state index contributed by atoms with van der Waals surface area (Å²) in [5, 5.41) is 9.57. The van der Waals surface area contributed by atoms with E-state index in [1.165, 1.54) is 6.20 Å². The van der Waals surface area contributed by atoms with Crippen LogP contribution in [0.4, 0.5) is 10.1 Å². The highest BCUT2D eigenvalue weighted by Crippen LogP contribution is 2.29. The Balaban J connectivity index is 1.83. The number of esters is 1. The van der Waals surface area contributed by atoms with Gasteiger partial charge in [-0.2, -0.15) is 0 Å². The number of fused-ring (bicyclic) bond motifs is 1. The van der Waals surface area contributed by atoms with Crippen molar-refractivity contribution in [2.45, 2.75) is 20.8 Å². The average Bonchev–Trinajstić information content (AvgIpc) is 2.80. The van der Waals surface area contributed by atoms with E-state index in [0.29, 0.717) is 35.7 Å². The first kappa shape index (κ1) is 24.4. The van der Waals surface area contributed by atoms with Crippen LogP contribution in [0, 0.1) is 11.2 Å². The van der Waals surface area contributed by atoms with Crippen molar-refractivity contribution in [3.05, 3.63) is 64.2 Å². The SMILES string of the molecule is CN1CCN(c2cc3c(cc2F)c(=O)c(C(=O)O)cn3-c2ccc(OC(=O)C(C)(C)C)cc2)CC1. The Hall–Kier alpha value is -3.72. The molecule has 4 rings (SSSR count). The van der Waals surface area contributed by atoms with E-state index in [1.807, 2.05) is 11.9 Å². The number of carbonyl (C=O) groups excluding carboxylic acids is 1. The van der Waals surface area contributed by atoms with Gasteiger partial charge in [0.2, 0.25) is 5.43 Å². The van der Waals surface area contributed by atoms with Crippen LogP contribution < -0.4 is 15.1 Å². The molecule has 184 valence electrons. The van der Waals surface area contributed by atoms with E-state index >= 15 is 4.39 Å². The summed E-state index contributed by atoms with van der Waals surface area (Å²) < 4.78 is 22.1. The van der Waals surface area contributed by atoms with E-state index in [1.54, 1.807) is 55.7 Å². The average molecular weight is 482 g/mol. The fourth-order valence-corrected chi connectivity index (χ4v) is 3.92. The maximum atomic E-state index is 15.1. The number of rotatable bonds is 4. The zero-order valence-electron chi connectivity index (χ0n) is 20.2. The van der Waals surface area contributed by atoms with E-state index in [0.717, 1.165) is 19.2 Å². The second kappa shape index (κ2) is 9.14. The third-order valence-corrected chi connectivity index (χ3v) is 6.08. The zero-order chi connectivity index (χ0) is 25.5. The molecule has 0 amide bonds. The number of nitrogens with zero attached hydrogens (tertiary/aromatic N) is 3. The number of carboxylic acid groups (broad SMARTS) is 1. The van der Waals surface area contributed by atoms with Crippen molar-refractivity contribution in [3.8, 4) is 11.4 Å². The van der Waals surface area contributed by atoms with E-state index in [9.17, 15) is 19.5 Å². The molecule has 8 nitrogen and oxygen atoms in total. The fraction of sp³-hybridized carbons (Fsp3) is 0.346. The molecule has 0 saturated carbocycles. The summed E-state index contributed by atoms with van der Waals surface area (Å²) in [6, 6.07) is 9.20. The number of benzene rings is 2. The number of aromatic carboxylic acids is 1. The van der Waals surface area contributed by atoms with Gasteiger partial charge in [-0.15, -0.1) is 0 Å². The number of likely N-dealkylation sites (N-methyl/N-ethyl adjacent to an activating group) is 1. The van der Waals surface area contributed by atoms with Gasteiger partial charge in [0.15, 0.2) is 0 Å². The Morgan fingerprint density at radius 3 is 2.23 bits per heavy atom. The molecule has 3 aromatic rings. The Kier molecular flexibility index (Phi) is 6.38. The van der Waals surface area contributed by atoms with Crippen LogP contribution in [-0.2, 0) is 4.79 Å². The first-order valence-electron chi connectivity index (χ1n) is 11.3. The number of halogens is 1. The molecule has 0 radical (unpaired) electrons. The molecule has 0 spiro atoms. The lowest BCUT2D eigenvalue weighted by Crippen LogP contribution is -2.44. The number of carbonyl (C=O) groups is 2. The van der Waals surface area contributed by atoms with E-state index in [4.69, 9.17) is 4.74 Å². The number of anilines is 1. The normalized spacial score (nSPS) is 14.8. The highest BCUT2D eigenvalue weighted by molar-refractivity contribution is 5.94. The molecule has 0 unspecified atom stereocenters. The number of hydrogen-bond donors (Lipinski definition) is 1. The first-order valence-corrected chi connectivity index (χ1v) is 11.3. The Morgan fingerprint density at radius 1 is 1.03 bits per heavy atom. The third kappa shape index (κ3) is 4.90. The van der Waals surface area contributed by atoms with Gasteiger partial charge in [0.1, 0.15) is 17.1 Å². The van der Waals surface area contributed by atoms with Gasteiger partial charge >= 0.3 is 11.9 Å². The van der Waals surface area contributed by atoms with Gasteiger partial charge in [0.25, 0.3) is 0 Å². The molecule has 2 heterocycles. The van der Waals surface area contributed by atoms with Gasteiger partial charge in [0, 0.05) is 43.4 Å². The van der Waals surface area contributed by atoms with E-state index < -0.39 is 28.2 Å². The van der Waals surface area contributed by atoms with Crippen molar-refractivity contribution < 1.29 is 23.8 Å². The number of ether oxygens (including phenoxy) is 1. The van der Waals surface area contributed by atoms with Crippen LogP contribution in [0.5, 0.6) is 5.75 Å². The predicted molar refractivity (Wildman–Crippen MR) is 131 cm³/mol. The molecular formula is C26H28FN3O5. The Labute approximate surface area is 202 Å². The molecule has 0 aliphatic carbocycles. The van der Waals surface area contributed by atoms with Crippen LogP contribution >= 0.6 is 0 Å². The van der Waals surface area contributed by atoms with E-state index in [2.05, 4.69) is 4.90 Å². The summed E-state index contributed by atoms with van der Waals surface area (Å²) >= 11 is 0. The number of hydrogen-bond acceptors (Lipinski definition) is 6. The van der Waals surface area contributed by atoms with Crippen LogP contribution in [-0.4, -0.2) is 59.7 Å². The third-order valence-electron chi connectivity index (χ3n) is 6.08. The van der Waals surface area contributed by atoms with Crippen molar-refractivity contribution in [1.82, 2.24) is 9.47 Å². The number of aromatic nitrogens is 1. The smallest absolute Gasteiger partial charge is 0.341 e. The molecule has 35 heavy (non-hydrogen) atoms. The molecule has 0 bridgehead atoms. The highest BCUT2D eigenvalue weighted by Gasteiger charge is 2.24. The minimum atomic E-state index is -1.40. The maximum Gasteiger partial charge on any atom is 0.341 e. The molecule has 0 atom stereocenters. The molecule has 1 aromatic heterocycles. The van der Waals surface area contributed by atoms with Gasteiger partial charge in [-0.1, -0.05) is 0 Å². The molecular weight excluding hydrogens is 453 g/mol. The topological polar surface area (TPSA) is 92.1 Å². The van der Waals surface area contributed by atoms with Crippen LogP contribution in [0.2, 0.25) is 0 Å². The summed E-state index contributed by atoms with van der Waals surface area (Å²) in [6.45, 7) is 8.06. The van der Waals surface area contributed by atoms with Crippen molar-refractivity contribution >= 4 is 28.5 Å². The van der Waals surface area contributed by atoms with Crippen molar-refractivity contribution in [2.24, 2.45) is 5.41 Å². The Morgan fingerprint density at radius 2 is 1.66 bits per heavy atom. The Bertz CT molecular complexity index is 1350. The number of piperazine rings is 1. The van der Waals surface area contributed by atoms with Gasteiger partial charge in [0.05, 0.1) is 16.6 Å². The zero-order valence-corrected chi connectivity index (χ0v) is 20.2. The molecule has 1 fully saturated rings. The molecule has 2 aromatic carbocycles. The summed E-state index contributed by atoms with van der Waals surface area (Å²) in [5.41, 5.74) is -0.611. The monoisotopic (exact) mass is 481 g/mol. The summed E-state index contributed by atoms with van der Waals surface area (Å²) in [4.78, 5) is 40.9. The standard InChI is InChI=1S/C26H28FN3O5/c1-26(2,3)25(34)35-17-7-5-16(6-8-17)30-15-19(24(32)33)23(31)18-13-20(27)22(14-21(18)30)29-11-9-28(4)10-12-29/h5-8,13-15H,9-12H2,1-4H3,(H,32,33). The number of carboxylic acids is 1. The van der Waals surface area contributed by atoms with Crippen molar-refractivity contribution in [1.29, 1.82) is 0 Å². The van der Waals surface area contributed by atoms with Gasteiger partial charge in [-0.3, -0.25) is 9.59 Å². The van der Waals surface area contributed by atoms with E-state index in [-0.39, 0.29) is 11.4 Å². The molecule has 1 aliphatic heterocycles. The summed E-state index contributed by atoms with van der Waals surface area (Å²) in [7, 11) is 2.00. The van der Waals surface area contributed by atoms with Gasteiger partial charge in [-0.05, 0) is 64.2 Å². The maximum absolute atomic E-state index is 15.1. The summed E-state index contributed by atoms with van der Waals surface area (Å²) in [6.07, 6.45) is 1.24. The van der Waals surface area contributed by atoms with Crippen LogP contribution in [0.3, 0.4) is 0 Å². The molecule has 1 saturated heterocycles. The lowest BCUT2D eigenvalue weighted by Gasteiger charge is -2.34. The predicted octanol–water partition coefficient (Wildman–Crippen LogP) is 3.53. The largest absolute Gasteiger partial charge is 0.477 e. The minimum absolute atomic E-state index is 0.0245. The van der Waals surface area contributed by atoms with Crippen molar-refractivity contribution in [2.75, 3.05) is 38.1 Å². The highest BCUT2D eigenvalue weighted by atomic mass is 19.1. The van der Waals surface area contributed by atoms with Gasteiger partial charge < -0.3 is 24.2 Å². The lowest BCUT2D eigenvalue weighted by molar-refractivity contribution is -0.143. The number of pyridine rings is 1. The quantitative estimate of drug-likeness (QED) is 0.450. The molecule has 1 aliphatic rings.